The first kappa shape index (κ1) is 20.6. The van der Waals surface area contributed by atoms with E-state index in [9.17, 15) is 0 Å². The monoisotopic (exact) mass is 395 g/mol. The summed E-state index contributed by atoms with van der Waals surface area (Å²) in [5.41, 5.74) is 0. The summed E-state index contributed by atoms with van der Waals surface area (Å²) in [5.74, 6) is 0. The molecule has 0 atom stereocenters. The van der Waals surface area contributed by atoms with Gasteiger partial charge in [0, 0.05) is 0 Å². The number of unbranched alkanes of at least 4 members (excludes halogenated alkanes) is 3. The van der Waals surface area contributed by atoms with Crippen LogP contribution in [-0.2, 0) is 29.0 Å². The molecule has 0 aliphatic carbocycles. The second-order valence-electron chi connectivity index (χ2n) is 3.86. The van der Waals surface area contributed by atoms with Crippen molar-refractivity contribution in [3.63, 3.8) is 0 Å². The summed E-state index contributed by atoms with van der Waals surface area (Å²) in [4.78, 5) is 0. The van der Waals surface area contributed by atoms with E-state index in [1.807, 2.05) is 0 Å². The molecule has 0 saturated heterocycles. The molecule has 0 aliphatic heterocycles. The fraction of sp³-hybridized carbons (Fsp3) is 1.00. The molecular formula is C12H28IO3Ti. The van der Waals surface area contributed by atoms with Crippen molar-refractivity contribution >= 4 is 24.0 Å². The van der Waals surface area contributed by atoms with Gasteiger partial charge in [0.15, 0.2) is 0 Å². The van der Waals surface area contributed by atoms with Crippen LogP contribution in [0.3, 0.4) is 0 Å². The first-order chi connectivity index (χ1) is 7.85. The Labute approximate surface area is 131 Å². The molecule has 0 N–H and O–H groups in total. The SMILES string of the molecule is CCCC[O][Ti]([O]CCCC)[O]CCCC.I. The fourth-order valence-corrected chi connectivity index (χ4v) is 2.87. The maximum absolute atomic E-state index is 5.70. The third-order valence-electron chi connectivity index (χ3n) is 2.15. The van der Waals surface area contributed by atoms with Gasteiger partial charge in [0.05, 0.1) is 0 Å². The van der Waals surface area contributed by atoms with Crippen LogP contribution in [0.2, 0.25) is 0 Å². The van der Waals surface area contributed by atoms with Crippen LogP contribution >= 0.6 is 24.0 Å². The molecular weight excluding hydrogens is 367 g/mol. The van der Waals surface area contributed by atoms with E-state index in [0.717, 1.165) is 58.3 Å². The Hall–Kier alpha value is 1.32. The zero-order valence-electron chi connectivity index (χ0n) is 11.5. The standard InChI is InChI=1S/3C4H9O.HI.Ti/c3*1-2-3-4-5;;/h3*2-4H2,1H3;1H;/q3*-1;;+3. The van der Waals surface area contributed by atoms with Gasteiger partial charge in [-0.1, -0.05) is 0 Å². The van der Waals surface area contributed by atoms with Crippen molar-refractivity contribution in [3.05, 3.63) is 0 Å². The molecule has 0 aromatic rings. The first-order valence-corrected chi connectivity index (χ1v) is 8.51. The van der Waals surface area contributed by atoms with Crippen molar-refractivity contribution in [2.75, 3.05) is 19.8 Å². The van der Waals surface area contributed by atoms with Crippen LogP contribution in [0.1, 0.15) is 59.3 Å². The molecule has 0 rings (SSSR count). The molecule has 0 amide bonds. The van der Waals surface area contributed by atoms with Crippen LogP contribution in [0.4, 0.5) is 0 Å². The Morgan fingerprint density at radius 2 is 0.941 bits per heavy atom. The Balaban J connectivity index is 0. The third kappa shape index (κ3) is 15.3. The molecule has 5 heteroatoms. The van der Waals surface area contributed by atoms with Gasteiger partial charge in [-0.15, -0.1) is 24.0 Å². The van der Waals surface area contributed by atoms with Crippen LogP contribution < -0.4 is 0 Å². The van der Waals surface area contributed by atoms with E-state index < -0.39 is 19.0 Å². The molecule has 0 saturated carbocycles. The van der Waals surface area contributed by atoms with Crippen molar-refractivity contribution in [2.45, 2.75) is 59.3 Å². The number of hydrogen-bond acceptors (Lipinski definition) is 3. The second kappa shape index (κ2) is 17.3. The minimum Gasteiger partial charge on any atom is -0.107 e. The molecule has 105 valence electrons. The van der Waals surface area contributed by atoms with Gasteiger partial charge in [-0.05, 0) is 0 Å². The van der Waals surface area contributed by atoms with Crippen LogP contribution in [0.25, 0.3) is 0 Å². The molecule has 0 aromatic heterocycles. The first-order valence-electron chi connectivity index (χ1n) is 6.60. The van der Waals surface area contributed by atoms with Gasteiger partial charge >= 0.3 is 108 Å². The minimum absolute atomic E-state index is 0. The quantitative estimate of drug-likeness (QED) is 0.278. The fourth-order valence-electron chi connectivity index (χ4n) is 1.02. The van der Waals surface area contributed by atoms with E-state index in [1.165, 1.54) is 0 Å². The van der Waals surface area contributed by atoms with Crippen LogP contribution in [0.15, 0.2) is 0 Å². The van der Waals surface area contributed by atoms with E-state index in [2.05, 4.69) is 20.8 Å². The van der Waals surface area contributed by atoms with Crippen molar-refractivity contribution < 1.29 is 29.0 Å². The average Bonchev–Trinajstić information content (AvgIpc) is 2.29. The molecule has 0 radical (unpaired) electrons. The molecule has 0 bridgehead atoms. The summed E-state index contributed by atoms with van der Waals surface area (Å²) >= 11 is -2.10. The third-order valence-corrected chi connectivity index (χ3v) is 4.21. The predicted octanol–water partition coefficient (Wildman–Crippen LogP) is 4.42. The Kier molecular flexibility index (Phi) is 21.0. The minimum atomic E-state index is -2.10. The Morgan fingerprint density at radius 1 is 0.647 bits per heavy atom. The van der Waals surface area contributed by atoms with Gasteiger partial charge in [0.25, 0.3) is 0 Å². The summed E-state index contributed by atoms with van der Waals surface area (Å²) in [5, 5.41) is 0. The second-order valence-corrected chi connectivity index (χ2v) is 5.99. The largest absolute Gasteiger partial charge is 0.107 e. The summed E-state index contributed by atoms with van der Waals surface area (Å²) in [7, 11) is 0. The molecule has 0 aromatic carbocycles. The number of rotatable bonds is 12. The van der Waals surface area contributed by atoms with E-state index >= 15 is 0 Å². The number of hydrogen-bond donors (Lipinski definition) is 0. The van der Waals surface area contributed by atoms with Crippen LogP contribution in [0, 0.1) is 0 Å². The Bertz CT molecular complexity index is 115. The van der Waals surface area contributed by atoms with Crippen molar-refractivity contribution in [2.24, 2.45) is 0 Å². The van der Waals surface area contributed by atoms with Crippen LogP contribution in [0.5, 0.6) is 0 Å². The van der Waals surface area contributed by atoms with Gasteiger partial charge in [0.1, 0.15) is 0 Å². The van der Waals surface area contributed by atoms with Crippen molar-refractivity contribution in [1.82, 2.24) is 0 Å². The summed E-state index contributed by atoms with van der Waals surface area (Å²) in [6.45, 7) is 8.88. The van der Waals surface area contributed by atoms with Crippen molar-refractivity contribution in [3.8, 4) is 0 Å². The zero-order chi connectivity index (χ0) is 12.1. The van der Waals surface area contributed by atoms with Crippen molar-refractivity contribution in [1.29, 1.82) is 0 Å². The molecule has 0 spiro atoms. The molecule has 3 nitrogen and oxygen atoms in total. The van der Waals surface area contributed by atoms with Gasteiger partial charge < -0.3 is 0 Å². The average molecular weight is 395 g/mol. The smallest absolute Gasteiger partial charge is 0.107 e. The summed E-state index contributed by atoms with van der Waals surface area (Å²) in [6.07, 6.45) is 6.79. The van der Waals surface area contributed by atoms with Gasteiger partial charge in [-0.25, -0.2) is 0 Å². The molecule has 0 fully saturated rings. The molecule has 0 heterocycles. The molecule has 0 aliphatic rings. The zero-order valence-corrected chi connectivity index (χ0v) is 15.4. The molecule has 0 unspecified atom stereocenters. The summed E-state index contributed by atoms with van der Waals surface area (Å²) < 4.78 is 17.1. The maximum atomic E-state index is 5.70. The van der Waals surface area contributed by atoms with E-state index in [0.29, 0.717) is 0 Å². The topological polar surface area (TPSA) is 27.7 Å². The van der Waals surface area contributed by atoms with Crippen LogP contribution in [-0.4, -0.2) is 19.8 Å². The van der Waals surface area contributed by atoms with E-state index in [4.69, 9.17) is 9.96 Å². The molecule has 17 heavy (non-hydrogen) atoms. The maximum Gasteiger partial charge on any atom is -0.107 e. The predicted molar refractivity (Wildman–Crippen MR) is 78.0 cm³/mol. The van der Waals surface area contributed by atoms with Gasteiger partial charge in [-0.3, -0.25) is 0 Å². The normalized spacial score (nSPS) is 10.1. The Morgan fingerprint density at radius 3 is 1.18 bits per heavy atom. The van der Waals surface area contributed by atoms with E-state index in [1.54, 1.807) is 0 Å². The van der Waals surface area contributed by atoms with Gasteiger partial charge in [-0.2, -0.15) is 0 Å². The number of halogens is 1. The summed E-state index contributed by atoms with van der Waals surface area (Å²) in [6, 6.07) is 0. The van der Waals surface area contributed by atoms with Gasteiger partial charge in [0.2, 0.25) is 0 Å². The van der Waals surface area contributed by atoms with E-state index in [-0.39, 0.29) is 24.0 Å².